The van der Waals surface area contributed by atoms with Crippen LogP contribution in [0.3, 0.4) is 0 Å². The van der Waals surface area contributed by atoms with Crippen LogP contribution in [-0.4, -0.2) is 27.3 Å². The Morgan fingerprint density at radius 3 is 2.83 bits per heavy atom. The Hall–Kier alpha value is -2.30. The van der Waals surface area contributed by atoms with Crippen LogP contribution < -0.4 is 5.32 Å². The number of aryl methyl sites for hydroxylation is 1. The van der Waals surface area contributed by atoms with E-state index in [2.05, 4.69) is 10.4 Å². The van der Waals surface area contributed by atoms with Crippen molar-refractivity contribution >= 4 is 5.91 Å². The van der Waals surface area contributed by atoms with Crippen molar-refractivity contribution in [3.63, 3.8) is 0 Å². The lowest BCUT2D eigenvalue weighted by molar-refractivity contribution is 0.0951. The van der Waals surface area contributed by atoms with Gasteiger partial charge in [-0.25, -0.2) is 0 Å². The van der Waals surface area contributed by atoms with E-state index in [-0.39, 0.29) is 11.7 Å². The smallest absolute Gasteiger partial charge is 0.255 e. The first kappa shape index (κ1) is 12.2. The number of amides is 1. The Balaban J connectivity index is 1.90. The highest BCUT2D eigenvalue weighted by molar-refractivity contribution is 5.96. The molecule has 2 aromatic rings. The normalized spacial score (nSPS) is 10.3. The monoisotopic (exact) mass is 245 g/mol. The van der Waals surface area contributed by atoms with Gasteiger partial charge < -0.3 is 10.4 Å². The minimum absolute atomic E-state index is 0.00414. The lowest BCUT2D eigenvalue weighted by Gasteiger charge is -2.06. The molecule has 0 bridgehead atoms. The number of carbonyl (C=O) groups is 1. The van der Waals surface area contributed by atoms with Crippen LogP contribution in [0.25, 0.3) is 0 Å². The summed E-state index contributed by atoms with van der Waals surface area (Å²) in [6.07, 6.45) is 2.43. The first-order valence-electron chi connectivity index (χ1n) is 5.71. The third kappa shape index (κ3) is 2.68. The number of para-hydroxylation sites is 1. The first-order valence-corrected chi connectivity index (χ1v) is 5.71. The summed E-state index contributed by atoms with van der Waals surface area (Å²) in [5.74, 6) is -0.272. The molecule has 18 heavy (non-hydrogen) atoms. The van der Waals surface area contributed by atoms with Crippen LogP contribution in [-0.2, 0) is 13.5 Å². The Labute approximate surface area is 105 Å². The second-order valence-corrected chi connectivity index (χ2v) is 3.97. The van der Waals surface area contributed by atoms with Crippen LogP contribution in [0.1, 0.15) is 16.1 Å². The fraction of sp³-hybridized carbons (Fsp3) is 0.231. The van der Waals surface area contributed by atoms with Gasteiger partial charge in [-0.15, -0.1) is 0 Å². The summed E-state index contributed by atoms with van der Waals surface area (Å²) >= 11 is 0. The van der Waals surface area contributed by atoms with Crippen molar-refractivity contribution in [2.24, 2.45) is 7.05 Å². The van der Waals surface area contributed by atoms with Crippen LogP contribution >= 0.6 is 0 Å². The number of phenolic OH excluding ortho intramolecular Hbond substituents is 1. The van der Waals surface area contributed by atoms with Crippen molar-refractivity contribution in [2.45, 2.75) is 6.42 Å². The molecule has 1 amide bonds. The van der Waals surface area contributed by atoms with Crippen LogP contribution in [0, 0.1) is 0 Å². The molecule has 2 N–H and O–H groups in total. The molecule has 5 heteroatoms. The molecule has 0 saturated carbocycles. The first-order chi connectivity index (χ1) is 8.68. The number of carbonyl (C=O) groups excluding carboxylic acids is 1. The van der Waals surface area contributed by atoms with E-state index in [0.29, 0.717) is 18.5 Å². The molecule has 0 aliphatic rings. The van der Waals surface area contributed by atoms with E-state index in [1.807, 2.05) is 13.1 Å². The van der Waals surface area contributed by atoms with Gasteiger partial charge in [-0.05, 0) is 18.2 Å². The molecule has 0 spiro atoms. The molecular weight excluding hydrogens is 230 g/mol. The van der Waals surface area contributed by atoms with E-state index in [0.717, 1.165) is 5.69 Å². The Kier molecular flexibility index (Phi) is 3.62. The van der Waals surface area contributed by atoms with Gasteiger partial charge in [0.1, 0.15) is 5.75 Å². The average molecular weight is 245 g/mol. The van der Waals surface area contributed by atoms with Gasteiger partial charge in [0.25, 0.3) is 5.91 Å². The largest absolute Gasteiger partial charge is 0.507 e. The lowest BCUT2D eigenvalue weighted by atomic mass is 10.2. The molecule has 5 nitrogen and oxygen atoms in total. The van der Waals surface area contributed by atoms with Gasteiger partial charge in [-0.3, -0.25) is 9.48 Å². The Bertz CT molecular complexity index is 549. The van der Waals surface area contributed by atoms with Crippen LogP contribution in [0.2, 0.25) is 0 Å². The molecule has 0 atom stereocenters. The number of aromatic nitrogens is 2. The molecule has 0 unspecified atom stereocenters. The summed E-state index contributed by atoms with van der Waals surface area (Å²) in [4.78, 5) is 11.8. The zero-order valence-electron chi connectivity index (χ0n) is 10.1. The van der Waals surface area contributed by atoms with Gasteiger partial charge in [0.15, 0.2) is 0 Å². The lowest BCUT2D eigenvalue weighted by Crippen LogP contribution is -2.26. The Morgan fingerprint density at radius 2 is 2.17 bits per heavy atom. The third-order valence-corrected chi connectivity index (χ3v) is 2.74. The quantitative estimate of drug-likeness (QED) is 0.847. The van der Waals surface area contributed by atoms with E-state index in [4.69, 9.17) is 0 Å². The number of aromatic hydroxyl groups is 1. The van der Waals surface area contributed by atoms with Crippen molar-refractivity contribution in [3.05, 3.63) is 47.8 Å². The molecule has 1 heterocycles. The van der Waals surface area contributed by atoms with E-state index in [1.54, 1.807) is 29.1 Å². The molecule has 1 aromatic carbocycles. The van der Waals surface area contributed by atoms with E-state index < -0.39 is 0 Å². The van der Waals surface area contributed by atoms with Gasteiger partial charge in [0.05, 0.1) is 5.56 Å². The molecule has 2 rings (SSSR count). The minimum Gasteiger partial charge on any atom is -0.507 e. The van der Waals surface area contributed by atoms with Gasteiger partial charge in [-0.2, -0.15) is 5.10 Å². The third-order valence-electron chi connectivity index (χ3n) is 2.74. The van der Waals surface area contributed by atoms with Crippen LogP contribution in [0.5, 0.6) is 5.75 Å². The number of rotatable bonds is 4. The molecule has 0 fully saturated rings. The van der Waals surface area contributed by atoms with Crippen LogP contribution in [0.4, 0.5) is 0 Å². The summed E-state index contributed by atoms with van der Waals surface area (Å²) in [6.45, 7) is 0.507. The second-order valence-electron chi connectivity index (χ2n) is 3.97. The maximum atomic E-state index is 11.8. The zero-order chi connectivity index (χ0) is 13.0. The van der Waals surface area contributed by atoms with Crippen molar-refractivity contribution < 1.29 is 9.90 Å². The predicted octanol–water partition coefficient (Wildman–Crippen LogP) is 1.10. The highest BCUT2D eigenvalue weighted by Gasteiger charge is 2.09. The fourth-order valence-electron chi connectivity index (χ4n) is 1.71. The zero-order valence-corrected chi connectivity index (χ0v) is 10.1. The molecule has 0 aliphatic heterocycles. The predicted molar refractivity (Wildman–Crippen MR) is 67.4 cm³/mol. The maximum Gasteiger partial charge on any atom is 0.255 e. The molecule has 1 aromatic heterocycles. The van der Waals surface area contributed by atoms with Crippen LogP contribution in [0.15, 0.2) is 36.5 Å². The molecule has 94 valence electrons. The van der Waals surface area contributed by atoms with Gasteiger partial charge in [0.2, 0.25) is 0 Å². The molecular formula is C13H15N3O2. The number of hydrogen-bond acceptors (Lipinski definition) is 3. The van der Waals surface area contributed by atoms with Crippen molar-refractivity contribution in [1.29, 1.82) is 0 Å². The number of phenols is 1. The van der Waals surface area contributed by atoms with Gasteiger partial charge in [0, 0.05) is 31.9 Å². The van der Waals surface area contributed by atoms with E-state index >= 15 is 0 Å². The van der Waals surface area contributed by atoms with Crippen molar-refractivity contribution in [1.82, 2.24) is 15.1 Å². The summed E-state index contributed by atoms with van der Waals surface area (Å²) in [7, 11) is 1.86. The molecule has 0 saturated heterocycles. The standard InChI is InChI=1S/C13H15N3O2/c1-16-10(7-9-15-16)6-8-14-13(18)11-4-2-3-5-12(11)17/h2-5,7,9,17H,6,8H2,1H3,(H,14,18). The van der Waals surface area contributed by atoms with E-state index in [1.165, 1.54) is 6.07 Å². The topological polar surface area (TPSA) is 67.2 Å². The van der Waals surface area contributed by atoms with Gasteiger partial charge in [-0.1, -0.05) is 12.1 Å². The summed E-state index contributed by atoms with van der Waals surface area (Å²) in [6, 6.07) is 8.40. The molecule has 0 radical (unpaired) electrons. The average Bonchev–Trinajstić information content (AvgIpc) is 2.75. The fourth-order valence-corrected chi connectivity index (χ4v) is 1.71. The highest BCUT2D eigenvalue weighted by Crippen LogP contribution is 2.14. The minimum atomic E-state index is -0.268. The highest BCUT2D eigenvalue weighted by atomic mass is 16.3. The Morgan fingerprint density at radius 1 is 1.39 bits per heavy atom. The van der Waals surface area contributed by atoms with Crippen molar-refractivity contribution in [2.75, 3.05) is 6.54 Å². The number of hydrogen-bond donors (Lipinski definition) is 2. The summed E-state index contributed by atoms with van der Waals surface area (Å²) in [5, 5.41) is 16.3. The number of nitrogens with zero attached hydrogens (tertiary/aromatic N) is 2. The number of benzene rings is 1. The second kappa shape index (κ2) is 5.35. The SMILES string of the molecule is Cn1nccc1CCNC(=O)c1ccccc1O. The summed E-state index contributed by atoms with van der Waals surface area (Å²) < 4.78 is 1.77. The number of nitrogens with one attached hydrogen (secondary N) is 1. The van der Waals surface area contributed by atoms with Crippen molar-refractivity contribution in [3.8, 4) is 5.75 Å². The van der Waals surface area contributed by atoms with E-state index in [9.17, 15) is 9.90 Å². The van der Waals surface area contributed by atoms with Gasteiger partial charge >= 0.3 is 0 Å². The molecule has 0 aliphatic carbocycles. The summed E-state index contributed by atoms with van der Waals surface area (Å²) in [5.41, 5.74) is 1.34. The maximum absolute atomic E-state index is 11.8.